The number of hydrogen-bond acceptors (Lipinski definition) is 3. The summed E-state index contributed by atoms with van der Waals surface area (Å²) in [6.07, 6.45) is 0. The van der Waals surface area contributed by atoms with Crippen molar-refractivity contribution in [2.75, 3.05) is 0 Å². The molecule has 0 radical (unpaired) electrons. The number of pyridine rings is 1. The molecule has 0 spiro atoms. The number of nitrogens with zero attached hydrogens (tertiary/aromatic N) is 1. The van der Waals surface area contributed by atoms with Crippen LogP contribution in [0.4, 0.5) is 0 Å². The molecule has 3 nitrogen and oxygen atoms in total. The molecule has 0 amide bonds. The van der Waals surface area contributed by atoms with Crippen LogP contribution in [0.15, 0.2) is 35.2 Å². The predicted octanol–water partition coefficient (Wildman–Crippen LogP) is 2.82. The van der Waals surface area contributed by atoms with Crippen molar-refractivity contribution in [3.05, 3.63) is 35.5 Å². The summed E-state index contributed by atoms with van der Waals surface area (Å²) in [5, 5.41) is 0.781. The van der Waals surface area contributed by atoms with Crippen LogP contribution in [0.3, 0.4) is 0 Å². The van der Waals surface area contributed by atoms with Gasteiger partial charge in [0.1, 0.15) is 5.15 Å². The summed E-state index contributed by atoms with van der Waals surface area (Å²) in [7, 11) is 1.54. The maximum absolute atomic E-state index is 11.2. The van der Waals surface area contributed by atoms with Gasteiger partial charge in [-0.2, -0.15) is 0 Å². The summed E-state index contributed by atoms with van der Waals surface area (Å²) in [6, 6.07) is 7.78. The highest BCUT2D eigenvalue weighted by atomic mass is 35.7. The lowest BCUT2D eigenvalue weighted by molar-refractivity contribution is 0.610. The van der Waals surface area contributed by atoms with E-state index in [-0.39, 0.29) is 4.90 Å². The highest BCUT2D eigenvalue weighted by Gasteiger charge is 2.14. The van der Waals surface area contributed by atoms with E-state index in [1.165, 1.54) is 12.1 Å². The lowest BCUT2D eigenvalue weighted by Crippen LogP contribution is -1.92. The molecular formula is C9H5Cl2NO2S. The second-order valence-corrected chi connectivity index (χ2v) is 5.82. The zero-order valence-corrected chi connectivity index (χ0v) is 9.64. The monoisotopic (exact) mass is 261 g/mol. The first-order chi connectivity index (χ1) is 6.98. The number of aromatic nitrogens is 1. The maximum atomic E-state index is 11.2. The summed E-state index contributed by atoms with van der Waals surface area (Å²) in [4.78, 5) is 4.04. The topological polar surface area (TPSA) is 47.0 Å². The molecular weight excluding hydrogens is 257 g/mol. The van der Waals surface area contributed by atoms with E-state index in [9.17, 15) is 8.42 Å². The van der Waals surface area contributed by atoms with Gasteiger partial charge in [-0.3, -0.25) is 0 Å². The van der Waals surface area contributed by atoms with E-state index in [4.69, 9.17) is 22.3 Å². The minimum atomic E-state index is -3.75. The van der Waals surface area contributed by atoms with E-state index in [0.29, 0.717) is 16.1 Å². The fraction of sp³-hybridized carbons (Fsp3) is 0. The minimum Gasteiger partial charge on any atom is -0.236 e. The summed E-state index contributed by atoms with van der Waals surface area (Å²) < 4.78 is 22.5. The standard InChI is InChI=1S/C9H5Cl2NO2S/c10-9-5-4-6-7(12-9)2-1-3-8(6)15(11,13)14/h1-5H. The second kappa shape index (κ2) is 3.63. The SMILES string of the molecule is O=S(=O)(Cl)c1cccc2nc(Cl)ccc12. The van der Waals surface area contributed by atoms with Gasteiger partial charge in [0.25, 0.3) is 9.05 Å². The van der Waals surface area contributed by atoms with E-state index in [1.54, 1.807) is 18.2 Å². The number of rotatable bonds is 1. The summed E-state index contributed by atoms with van der Waals surface area (Å²) in [5.41, 5.74) is 0.504. The summed E-state index contributed by atoms with van der Waals surface area (Å²) >= 11 is 5.69. The molecule has 0 bridgehead atoms. The van der Waals surface area contributed by atoms with Gasteiger partial charge in [0, 0.05) is 16.1 Å². The Balaban J connectivity index is 2.89. The van der Waals surface area contributed by atoms with E-state index >= 15 is 0 Å². The Hall–Kier alpha value is -0.840. The van der Waals surface area contributed by atoms with Gasteiger partial charge in [-0.1, -0.05) is 17.7 Å². The van der Waals surface area contributed by atoms with Crippen LogP contribution in [0.2, 0.25) is 5.15 Å². The smallest absolute Gasteiger partial charge is 0.236 e. The van der Waals surface area contributed by atoms with Gasteiger partial charge in [0.05, 0.1) is 10.4 Å². The molecule has 1 heterocycles. The lowest BCUT2D eigenvalue weighted by Gasteiger charge is -2.02. The Morgan fingerprint density at radius 2 is 1.87 bits per heavy atom. The molecule has 1 aromatic carbocycles. The fourth-order valence-corrected chi connectivity index (χ4v) is 2.55. The Labute approximate surface area is 96.1 Å². The molecule has 15 heavy (non-hydrogen) atoms. The van der Waals surface area contributed by atoms with E-state index < -0.39 is 9.05 Å². The fourth-order valence-electron chi connectivity index (χ4n) is 1.31. The molecule has 2 rings (SSSR count). The molecule has 0 aliphatic carbocycles. The van der Waals surface area contributed by atoms with Crippen molar-refractivity contribution in [1.29, 1.82) is 0 Å². The Kier molecular flexibility index (Phi) is 2.58. The summed E-state index contributed by atoms with van der Waals surface area (Å²) in [6.45, 7) is 0. The van der Waals surface area contributed by atoms with Crippen LogP contribution < -0.4 is 0 Å². The highest BCUT2D eigenvalue weighted by molar-refractivity contribution is 8.14. The molecule has 78 valence electrons. The first-order valence-corrected chi connectivity index (χ1v) is 6.67. The first kappa shape index (κ1) is 10.7. The third kappa shape index (κ3) is 2.07. The van der Waals surface area contributed by atoms with Gasteiger partial charge in [-0.25, -0.2) is 13.4 Å². The number of benzene rings is 1. The number of hydrogen-bond donors (Lipinski definition) is 0. The molecule has 1 aromatic heterocycles. The molecule has 0 N–H and O–H groups in total. The van der Waals surface area contributed by atoms with Crippen molar-refractivity contribution >= 4 is 42.2 Å². The third-order valence-electron chi connectivity index (χ3n) is 1.92. The van der Waals surface area contributed by atoms with Crippen molar-refractivity contribution in [1.82, 2.24) is 4.98 Å². The zero-order valence-electron chi connectivity index (χ0n) is 7.31. The Bertz CT molecular complexity index is 625. The van der Waals surface area contributed by atoms with Gasteiger partial charge < -0.3 is 0 Å². The highest BCUT2D eigenvalue weighted by Crippen LogP contribution is 2.25. The average Bonchev–Trinajstić information content (AvgIpc) is 2.15. The first-order valence-electron chi connectivity index (χ1n) is 3.98. The minimum absolute atomic E-state index is 0.0471. The van der Waals surface area contributed by atoms with Crippen molar-refractivity contribution < 1.29 is 8.42 Å². The van der Waals surface area contributed by atoms with E-state index in [0.717, 1.165) is 0 Å². The van der Waals surface area contributed by atoms with Crippen LogP contribution in [-0.2, 0) is 9.05 Å². The van der Waals surface area contributed by atoms with E-state index in [2.05, 4.69) is 4.98 Å². The molecule has 2 aromatic rings. The second-order valence-electron chi connectivity index (χ2n) is 2.89. The number of fused-ring (bicyclic) bond motifs is 1. The normalized spacial score (nSPS) is 11.9. The van der Waals surface area contributed by atoms with Crippen molar-refractivity contribution in [2.24, 2.45) is 0 Å². The zero-order chi connectivity index (χ0) is 11.1. The molecule has 0 saturated heterocycles. The maximum Gasteiger partial charge on any atom is 0.261 e. The lowest BCUT2D eigenvalue weighted by atomic mass is 10.2. The van der Waals surface area contributed by atoms with Crippen LogP contribution >= 0.6 is 22.3 Å². The van der Waals surface area contributed by atoms with Crippen molar-refractivity contribution in [3.8, 4) is 0 Å². The Morgan fingerprint density at radius 1 is 1.13 bits per heavy atom. The van der Waals surface area contributed by atoms with Gasteiger partial charge >= 0.3 is 0 Å². The predicted molar refractivity (Wildman–Crippen MR) is 59.8 cm³/mol. The van der Waals surface area contributed by atoms with Crippen LogP contribution in [0, 0.1) is 0 Å². The molecule has 6 heteroatoms. The third-order valence-corrected chi connectivity index (χ3v) is 3.51. The van der Waals surface area contributed by atoms with Gasteiger partial charge in [-0.05, 0) is 24.3 Å². The largest absolute Gasteiger partial charge is 0.261 e. The van der Waals surface area contributed by atoms with Crippen molar-refractivity contribution in [2.45, 2.75) is 4.90 Å². The molecule has 0 saturated carbocycles. The van der Waals surface area contributed by atoms with E-state index in [1.807, 2.05) is 0 Å². The van der Waals surface area contributed by atoms with Gasteiger partial charge in [0.2, 0.25) is 0 Å². The molecule has 0 atom stereocenters. The number of halogens is 2. The van der Waals surface area contributed by atoms with Crippen molar-refractivity contribution in [3.63, 3.8) is 0 Å². The Morgan fingerprint density at radius 3 is 2.53 bits per heavy atom. The van der Waals surface area contributed by atoms with Gasteiger partial charge in [-0.15, -0.1) is 0 Å². The molecule has 0 fully saturated rings. The van der Waals surface area contributed by atoms with Crippen LogP contribution in [-0.4, -0.2) is 13.4 Å². The van der Waals surface area contributed by atoms with Crippen LogP contribution in [0.5, 0.6) is 0 Å². The average molecular weight is 262 g/mol. The van der Waals surface area contributed by atoms with Crippen LogP contribution in [0.1, 0.15) is 0 Å². The molecule has 0 aliphatic heterocycles. The van der Waals surface area contributed by atoms with Gasteiger partial charge in [0.15, 0.2) is 0 Å². The molecule has 0 unspecified atom stereocenters. The van der Waals surface area contributed by atoms with Crippen LogP contribution in [0.25, 0.3) is 10.9 Å². The molecule has 0 aliphatic rings. The quantitative estimate of drug-likeness (QED) is 0.586. The summed E-state index contributed by atoms with van der Waals surface area (Å²) in [5.74, 6) is 0.